The van der Waals surface area contributed by atoms with Crippen molar-refractivity contribution in [3.8, 4) is 11.3 Å². The summed E-state index contributed by atoms with van der Waals surface area (Å²) in [5.74, 6) is 1.49. The van der Waals surface area contributed by atoms with Crippen LogP contribution in [-0.4, -0.2) is 29.1 Å². The molecule has 1 amide bonds. The molecule has 1 aliphatic heterocycles. The van der Waals surface area contributed by atoms with Crippen molar-refractivity contribution in [3.63, 3.8) is 0 Å². The van der Waals surface area contributed by atoms with Crippen LogP contribution in [0.15, 0.2) is 55.2 Å². The number of furan rings is 1. The Kier molecular flexibility index (Phi) is 7.57. The van der Waals surface area contributed by atoms with E-state index < -0.39 is 0 Å². The maximum Gasteiger partial charge on any atom is 0.266 e. The second-order valence-corrected chi connectivity index (χ2v) is 8.57. The van der Waals surface area contributed by atoms with E-state index in [1.54, 1.807) is 0 Å². The molecule has 28 heavy (non-hydrogen) atoms. The van der Waals surface area contributed by atoms with Crippen LogP contribution in [0.5, 0.6) is 0 Å². The van der Waals surface area contributed by atoms with E-state index in [2.05, 4.69) is 34.8 Å². The molecule has 0 atom stereocenters. The fourth-order valence-corrected chi connectivity index (χ4v) is 4.07. The van der Waals surface area contributed by atoms with Gasteiger partial charge >= 0.3 is 0 Å². The number of rotatable bonds is 8. The van der Waals surface area contributed by atoms with E-state index in [-0.39, 0.29) is 5.91 Å². The number of amides is 1. The summed E-state index contributed by atoms with van der Waals surface area (Å²) in [4.78, 5) is 20.0. The lowest BCUT2D eigenvalue weighted by Crippen LogP contribution is -2.30. The van der Waals surface area contributed by atoms with E-state index in [4.69, 9.17) is 4.42 Å². The first-order valence-electron chi connectivity index (χ1n) is 9.74. The summed E-state index contributed by atoms with van der Waals surface area (Å²) in [6.07, 6.45) is 5.98. The van der Waals surface area contributed by atoms with Gasteiger partial charge in [-0.2, -0.15) is 0 Å². The number of hydrogen-bond donors (Lipinski definition) is 0. The van der Waals surface area contributed by atoms with Gasteiger partial charge in [0.25, 0.3) is 5.91 Å². The maximum absolute atomic E-state index is 12.9. The van der Waals surface area contributed by atoms with Crippen LogP contribution < -0.4 is 0 Å². The molecule has 0 N–H and O–H groups in total. The molecule has 0 radical (unpaired) electrons. The van der Waals surface area contributed by atoms with Gasteiger partial charge in [0.2, 0.25) is 0 Å². The van der Waals surface area contributed by atoms with Gasteiger partial charge in [-0.3, -0.25) is 14.7 Å². The summed E-state index contributed by atoms with van der Waals surface area (Å²) in [6.45, 7) is 5.75. The molecule has 3 rings (SSSR count). The minimum atomic E-state index is 0.0234. The van der Waals surface area contributed by atoms with Crippen molar-refractivity contribution in [1.29, 1.82) is 0 Å². The zero-order valence-corrected chi connectivity index (χ0v) is 18.7. The monoisotopic (exact) mass is 460 g/mol. The van der Waals surface area contributed by atoms with Crippen LogP contribution in [0.4, 0.5) is 0 Å². The standard InChI is InChI=1S/C22H25BrN2O2S/c1-3-5-13-24-22-25(14-6-4-2)21(26)20(28-22)15-18-11-12-19(27-18)16-7-9-17(23)10-8-16/h7-12,15H,3-6,13-14H2,1-2H3/b20-15+,24-22?. The highest BCUT2D eigenvalue weighted by Gasteiger charge is 2.32. The molecule has 0 bridgehead atoms. The molecule has 1 aliphatic rings. The second-order valence-electron chi connectivity index (χ2n) is 6.65. The molecular formula is C22H25BrN2O2S. The molecule has 0 aliphatic carbocycles. The molecule has 1 aromatic carbocycles. The molecule has 1 saturated heterocycles. The third-order valence-corrected chi connectivity index (χ3v) is 5.98. The Balaban J connectivity index is 1.80. The number of carbonyl (C=O) groups excluding carboxylic acids is 1. The van der Waals surface area contributed by atoms with E-state index in [1.165, 1.54) is 11.8 Å². The second kappa shape index (κ2) is 10.1. The quantitative estimate of drug-likeness (QED) is 0.330. The smallest absolute Gasteiger partial charge is 0.266 e. The van der Waals surface area contributed by atoms with Crippen LogP contribution in [0.1, 0.15) is 45.3 Å². The van der Waals surface area contributed by atoms with Gasteiger partial charge in [0.15, 0.2) is 5.17 Å². The molecule has 0 saturated carbocycles. The number of benzene rings is 1. The van der Waals surface area contributed by atoms with Gasteiger partial charge in [0, 0.05) is 29.2 Å². The van der Waals surface area contributed by atoms with Crippen LogP contribution in [0, 0.1) is 0 Å². The molecule has 0 spiro atoms. The highest BCUT2D eigenvalue weighted by molar-refractivity contribution is 9.10. The number of hydrogen-bond acceptors (Lipinski definition) is 4. The highest BCUT2D eigenvalue weighted by Crippen LogP contribution is 2.34. The molecule has 6 heteroatoms. The minimum absolute atomic E-state index is 0.0234. The predicted octanol–water partition coefficient (Wildman–Crippen LogP) is 6.58. The number of nitrogens with zero attached hydrogens (tertiary/aromatic N) is 2. The lowest BCUT2D eigenvalue weighted by Gasteiger charge is -2.14. The van der Waals surface area contributed by atoms with Gasteiger partial charge in [-0.15, -0.1) is 0 Å². The van der Waals surface area contributed by atoms with Gasteiger partial charge in [-0.25, -0.2) is 0 Å². The van der Waals surface area contributed by atoms with Crippen molar-refractivity contribution in [2.24, 2.45) is 4.99 Å². The van der Waals surface area contributed by atoms with Gasteiger partial charge in [0.1, 0.15) is 11.5 Å². The zero-order valence-electron chi connectivity index (χ0n) is 16.3. The average Bonchev–Trinajstić information content (AvgIpc) is 3.27. The topological polar surface area (TPSA) is 45.8 Å². The number of thioether (sulfide) groups is 1. The molecule has 148 valence electrons. The Morgan fingerprint density at radius 2 is 1.86 bits per heavy atom. The van der Waals surface area contributed by atoms with Crippen LogP contribution in [-0.2, 0) is 4.79 Å². The fraction of sp³-hybridized carbons (Fsp3) is 0.364. The zero-order chi connectivity index (χ0) is 19.9. The summed E-state index contributed by atoms with van der Waals surface area (Å²) in [5, 5.41) is 0.817. The van der Waals surface area contributed by atoms with Gasteiger partial charge < -0.3 is 4.42 Å². The largest absolute Gasteiger partial charge is 0.457 e. The van der Waals surface area contributed by atoms with Crippen LogP contribution >= 0.6 is 27.7 Å². The lowest BCUT2D eigenvalue weighted by atomic mass is 10.2. The third-order valence-electron chi connectivity index (χ3n) is 4.41. The molecule has 1 fully saturated rings. The van der Waals surface area contributed by atoms with Crippen molar-refractivity contribution < 1.29 is 9.21 Å². The van der Waals surface area contributed by atoms with Crippen LogP contribution in [0.2, 0.25) is 0 Å². The Bertz CT molecular complexity index is 871. The van der Waals surface area contributed by atoms with E-state index in [1.807, 2.05) is 47.4 Å². The van der Waals surface area contributed by atoms with Crippen LogP contribution in [0.25, 0.3) is 17.4 Å². The number of amidine groups is 1. The number of halogens is 1. The number of carbonyl (C=O) groups is 1. The van der Waals surface area contributed by atoms with Crippen molar-refractivity contribution in [2.45, 2.75) is 39.5 Å². The maximum atomic E-state index is 12.9. The van der Waals surface area contributed by atoms with E-state index in [0.29, 0.717) is 17.2 Å². The summed E-state index contributed by atoms with van der Waals surface area (Å²) >= 11 is 4.89. The summed E-state index contributed by atoms with van der Waals surface area (Å²) < 4.78 is 6.98. The van der Waals surface area contributed by atoms with Crippen molar-refractivity contribution in [3.05, 3.63) is 51.5 Å². The predicted molar refractivity (Wildman–Crippen MR) is 121 cm³/mol. The van der Waals surface area contributed by atoms with Crippen molar-refractivity contribution in [1.82, 2.24) is 4.90 Å². The summed E-state index contributed by atoms with van der Waals surface area (Å²) in [7, 11) is 0. The Morgan fingerprint density at radius 1 is 1.11 bits per heavy atom. The van der Waals surface area contributed by atoms with Gasteiger partial charge in [-0.1, -0.05) is 54.8 Å². The fourth-order valence-electron chi connectivity index (χ4n) is 2.80. The van der Waals surface area contributed by atoms with E-state index in [0.717, 1.165) is 53.2 Å². The first kappa shape index (κ1) is 20.9. The number of aliphatic imine (C=N–C) groups is 1. The normalized spacial score (nSPS) is 17.2. The number of unbranched alkanes of at least 4 members (excludes halogenated alkanes) is 2. The van der Waals surface area contributed by atoms with Crippen molar-refractivity contribution in [2.75, 3.05) is 13.1 Å². The molecule has 1 aromatic heterocycles. The van der Waals surface area contributed by atoms with Crippen molar-refractivity contribution >= 4 is 44.8 Å². The van der Waals surface area contributed by atoms with E-state index >= 15 is 0 Å². The Labute approximate surface area is 179 Å². The SMILES string of the molecule is CCCCN=C1S/C(=C/c2ccc(-c3ccc(Br)cc3)o2)C(=O)N1CCCC. The molecule has 4 nitrogen and oxygen atoms in total. The molecular weight excluding hydrogens is 436 g/mol. The first-order chi connectivity index (χ1) is 13.6. The van der Waals surface area contributed by atoms with Gasteiger partial charge in [-0.05, 0) is 48.9 Å². The third kappa shape index (κ3) is 5.17. The van der Waals surface area contributed by atoms with Crippen LogP contribution in [0.3, 0.4) is 0 Å². The average molecular weight is 461 g/mol. The summed E-state index contributed by atoms with van der Waals surface area (Å²) in [6, 6.07) is 11.8. The lowest BCUT2D eigenvalue weighted by molar-refractivity contribution is -0.122. The minimum Gasteiger partial charge on any atom is -0.457 e. The molecule has 0 unspecified atom stereocenters. The Morgan fingerprint density at radius 3 is 2.57 bits per heavy atom. The summed E-state index contributed by atoms with van der Waals surface area (Å²) in [5.41, 5.74) is 1.00. The highest BCUT2D eigenvalue weighted by atomic mass is 79.9. The van der Waals surface area contributed by atoms with E-state index in [9.17, 15) is 4.79 Å². The molecule has 2 heterocycles. The first-order valence-corrected chi connectivity index (χ1v) is 11.3. The Hall–Kier alpha value is -1.79. The van der Waals surface area contributed by atoms with Gasteiger partial charge in [0.05, 0.1) is 4.91 Å². The molecule has 2 aromatic rings.